The molecule has 1 saturated carbocycles. The Kier molecular flexibility index (Phi) is 2.47. The lowest BCUT2D eigenvalue weighted by Crippen LogP contribution is -2.23. The minimum absolute atomic E-state index is 0.0648. The molecule has 92 valence electrons. The Hall–Kier alpha value is -1.29. The molecule has 2 aliphatic rings. The zero-order valence-electron chi connectivity index (χ0n) is 9.67. The predicted octanol–water partition coefficient (Wildman–Crippen LogP) is 2.02. The third kappa shape index (κ3) is 2.09. The van der Waals surface area contributed by atoms with Crippen molar-refractivity contribution in [3.05, 3.63) is 23.5 Å². The van der Waals surface area contributed by atoms with Crippen LogP contribution < -0.4 is 15.2 Å². The number of halogens is 1. The summed E-state index contributed by atoms with van der Waals surface area (Å²) >= 11 is 0. The first-order chi connectivity index (χ1) is 8.18. The summed E-state index contributed by atoms with van der Waals surface area (Å²) in [6.45, 7) is 1.01. The molecule has 0 amide bonds. The van der Waals surface area contributed by atoms with E-state index in [9.17, 15) is 4.39 Å². The summed E-state index contributed by atoms with van der Waals surface area (Å²) < 4.78 is 24.8. The number of fused-ring (bicyclic) bond motifs is 1. The lowest BCUT2D eigenvalue weighted by Gasteiger charge is -2.22. The Bertz CT molecular complexity index is 443. The normalized spacial score (nSPS) is 20.1. The van der Waals surface area contributed by atoms with Crippen LogP contribution in [0.4, 0.5) is 4.39 Å². The van der Waals surface area contributed by atoms with Crippen LogP contribution in [0.25, 0.3) is 0 Å². The van der Waals surface area contributed by atoms with E-state index >= 15 is 0 Å². The van der Waals surface area contributed by atoms with Gasteiger partial charge in [-0.2, -0.15) is 0 Å². The molecule has 1 heterocycles. The predicted molar refractivity (Wildman–Crippen MR) is 61.9 cm³/mol. The number of nitrogens with two attached hydrogens (primary N) is 1. The summed E-state index contributed by atoms with van der Waals surface area (Å²) in [5.41, 5.74) is 6.57. The van der Waals surface area contributed by atoms with Crippen molar-refractivity contribution >= 4 is 0 Å². The molecular weight excluding hydrogens is 221 g/mol. The smallest absolute Gasteiger partial charge is 0.167 e. The fourth-order valence-electron chi connectivity index (χ4n) is 2.17. The molecule has 0 unspecified atom stereocenters. The van der Waals surface area contributed by atoms with Crippen LogP contribution in [0.3, 0.4) is 0 Å². The topological polar surface area (TPSA) is 44.5 Å². The number of hydrogen-bond donors (Lipinski definition) is 1. The third-order valence-electron chi connectivity index (χ3n) is 3.52. The molecule has 1 aromatic rings. The van der Waals surface area contributed by atoms with Gasteiger partial charge in [-0.15, -0.1) is 0 Å². The van der Waals surface area contributed by atoms with Crippen LogP contribution in [0.5, 0.6) is 11.5 Å². The first-order valence-electron chi connectivity index (χ1n) is 6.04. The third-order valence-corrected chi connectivity index (χ3v) is 3.52. The lowest BCUT2D eigenvalue weighted by atomic mass is 10.0. The first kappa shape index (κ1) is 10.8. The molecule has 17 heavy (non-hydrogen) atoms. The van der Waals surface area contributed by atoms with Gasteiger partial charge < -0.3 is 15.2 Å². The van der Waals surface area contributed by atoms with Crippen LogP contribution in [-0.2, 0) is 6.42 Å². The summed E-state index contributed by atoms with van der Waals surface area (Å²) in [6, 6.07) is 3.07. The maximum atomic E-state index is 13.8. The SMILES string of the molecule is NC1(CCc2c(F)ccc3c2OCCO3)CC1. The summed E-state index contributed by atoms with van der Waals surface area (Å²) in [6.07, 6.45) is 3.51. The minimum Gasteiger partial charge on any atom is -0.486 e. The van der Waals surface area contributed by atoms with Gasteiger partial charge in [0.2, 0.25) is 0 Å². The minimum atomic E-state index is -0.224. The molecule has 3 nitrogen and oxygen atoms in total. The highest BCUT2D eigenvalue weighted by atomic mass is 19.1. The Labute approximate surface area is 99.7 Å². The van der Waals surface area contributed by atoms with Gasteiger partial charge in [-0.05, 0) is 37.8 Å². The van der Waals surface area contributed by atoms with Crippen molar-refractivity contribution in [2.45, 2.75) is 31.2 Å². The maximum absolute atomic E-state index is 13.8. The first-order valence-corrected chi connectivity index (χ1v) is 6.04. The van der Waals surface area contributed by atoms with E-state index < -0.39 is 0 Å². The second-order valence-corrected chi connectivity index (χ2v) is 4.91. The van der Waals surface area contributed by atoms with E-state index in [1.165, 1.54) is 6.07 Å². The van der Waals surface area contributed by atoms with Crippen LogP contribution >= 0.6 is 0 Å². The van der Waals surface area contributed by atoms with E-state index in [4.69, 9.17) is 15.2 Å². The van der Waals surface area contributed by atoms with Crippen molar-refractivity contribution in [3.8, 4) is 11.5 Å². The van der Waals surface area contributed by atoms with Crippen molar-refractivity contribution < 1.29 is 13.9 Å². The van der Waals surface area contributed by atoms with Crippen LogP contribution in [0, 0.1) is 5.82 Å². The molecule has 1 aromatic carbocycles. The Morgan fingerprint density at radius 1 is 1.24 bits per heavy atom. The molecule has 1 fully saturated rings. The van der Waals surface area contributed by atoms with E-state index in [2.05, 4.69) is 0 Å². The fourth-order valence-corrected chi connectivity index (χ4v) is 2.17. The summed E-state index contributed by atoms with van der Waals surface area (Å²) in [7, 11) is 0. The summed E-state index contributed by atoms with van der Waals surface area (Å²) in [5.74, 6) is 0.994. The molecule has 0 atom stereocenters. The van der Waals surface area contributed by atoms with Crippen molar-refractivity contribution in [2.75, 3.05) is 13.2 Å². The molecule has 1 aliphatic carbocycles. The van der Waals surface area contributed by atoms with E-state index in [0.717, 1.165) is 19.3 Å². The van der Waals surface area contributed by atoms with E-state index in [-0.39, 0.29) is 11.4 Å². The van der Waals surface area contributed by atoms with Gasteiger partial charge in [0.15, 0.2) is 11.5 Å². The average molecular weight is 237 g/mol. The van der Waals surface area contributed by atoms with Gasteiger partial charge in [0.05, 0.1) is 0 Å². The fraction of sp³-hybridized carbons (Fsp3) is 0.538. The molecule has 2 N–H and O–H groups in total. The maximum Gasteiger partial charge on any atom is 0.167 e. The Morgan fingerprint density at radius 2 is 2.00 bits per heavy atom. The Morgan fingerprint density at radius 3 is 2.76 bits per heavy atom. The van der Waals surface area contributed by atoms with Crippen LogP contribution in [0.1, 0.15) is 24.8 Å². The number of ether oxygens (including phenoxy) is 2. The highest BCUT2D eigenvalue weighted by Gasteiger charge is 2.38. The van der Waals surface area contributed by atoms with Crippen LogP contribution in [0.15, 0.2) is 12.1 Å². The zero-order chi connectivity index (χ0) is 11.9. The largest absolute Gasteiger partial charge is 0.486 e. The van der Waals surface area contributed by atoms with Crippen LogP contribution in [0.2, 0.25) is 0 Å². The number of rotatable bonds is 3. The Balaban J connectivity index is 1.85. The molecule has 0 spiro atoms. The van der Waals surface area contributed by atoms with Crippen LogP contribution in [-0.4, -0.2) is 18.8 Å². The van der Waals surface area contributed by atoms with Crippen molar-refractivity contribution in [1.29, 1.82) is 0 Å². The van der Waals surface area contributed by atoms with Crippen molar-refractivity contribution in [3.63, 3.8) is 0 Å². The van der Waals surface area contributed by atoms with Gasteiger partial charge >= 0.3 is 0 Å². The quantitative estimate of drug-likeness (QED) is 0.874. The highest BCUT2D eigenvalue weighted by Crippen LogP contribution is 2.40. The number of hydrogen-bond acceptors (Lipinski definition) is 3. The molecule has 0 bridgehead atoms. The second-order valence-electron chi connectivity index (χ2n) is 4.91. The monoisotopic (exact) mass is 237 g/mol. The van der Waals surface area contributed by atoms with Gasteiger partial charge in [0.1, 0.15) is 19.0 Å². The van der Waals surface area contributed by atoms with Gasteiger partial charge in [-0.3, -0.25) is 0 Å². The second kappa shape index (κ2) is 3.88. The van der Waals surface area contributed by atoms with Gasteiger partial charge in [0.25, 0.3) is 0 Å². The van der Waals surface area contributed by atoms with Gasteiger partial charge in [0, 0.05) is 11.1 Å². The van der Waals surface area contributed by atoms with E-state index in [0.29, 0.717) is 36.7 Å². The summed E-state index contributed by atoms with van der Waals surface area (Å²) in [5, 5.41) is 0. The molecular formula is C13H16FNO2. The van der Waals surface area contributed by atoms with Gasteiger partial charge in [-0.25, -0.2) is 4.39 Å². The lowest BCUT2D eigenvalue weighted by molar-refractivity contribution is 0.168. The molecule has 0 saturated heterocycles. The molecule has 1 aliphatic heterocycles. The highest BCUT2D eigenvalue weighted by molar-refractivity contribution is 5.48. The van der Waals surface area contributed by atoms with E-state index in [1.807, 2.05) is 0 Å². The van der Waals surface area contributed by atoms with E-state index in [1.54, 1.807) is 6.07 Å². The van der Waals surface area contributed by atoms with Crippen molar-refractivity contribution in [2.24, 2.45) is 5.73 Å². The molecule has 0 aromatic heterocycles. The summed E-state index contributed by atoms with van der Waals surface area (Å²) in [4.78, 5) is 0. The zero-order valence-corrected chi connectivity index (χ0v) is 9.67. The van der Waals surface area contributed by atoms with Crippen molar-refractivity contribution in [1.82, 2.24) is 0 Å². The average Bonchev–Trinajstić information content (AvgIpc) is 3.06. The molecule has 0 radical (unpaired) electrons. The standard InChI is InChI=1S/C13H16FNO2/c14-10-1-2-11-12(17-8-7-16-11)9(10)3-4-13(15)5-6-13/h1-2H,3-8,15H2. The molecule has 3 rings (SSSR count). The number of benzene rings is 1. The molecule has 4 heteroatoms. The van der Waals surface area contributed by atoms with Gasteiger partial charge in [-0.1, -0.05) is 0 Å².